The molecule has 49 heavy (non-hydrogen) atoms. The quantitative estimate of drug-likeness (QED) is 0.129. The van der Waals surface area contributed by atoms with Gasteiger partial charge in [-0.3, -0.25) is 19.1 Å². The van der Waals surface area contributed by atoms with Crippen molar-refractivity contribution in [1.82, 2.24) is 14.5 Å². The molecule has 0 unspecified atom stereocenters. The number of aromatic nitrogens is 2. The smallest absolute Gasteiger partial charge is 0.266 e. The molecule has 2 aliphatic heterocycles. The van der Waals surface area contributed by atoms with Gasteiger partial charge in [0, 0.05) is 18.8 Å². The highest BCUT2D eigenvalue weighted by Crippen LogP contribution is 2.38. The summed E-state index contributed by atoms with van der Waals surface area (Å²) in [6, 6.07) is 28.5. The third-order valence-electron chi connectivity index (χ3n) is 8.89. The second-order valence-electron chi connectivity index (χ2n) is 12.1. The fourth-order valence-corrected chi connectivity index (χ4v) is 6.31. The van der Waals surface area contributed by atoms with E-state index in [0.717, 1.165) is 50.0 Å². The number of hydrogen-bond donors (Lipinski definition) is 0. The van der Waals surface area contributed by atoms with E-state index in [1.165, 1.54) is 0 Å². The SMILES string of the molecule is COc1cc2c(cc1OCCCCCOc1ccc(-n3c(C=Cc4ccccc4)nc4ccccc4c3=O)cc1)N=C[C@@H]1CCCN1C2=O. The second-order valence-corrected chi connectivity index (χ2v) is 12.1. The highest BCUT2D eigenvalue weighted by molar-refractivity contribution is 6.03. The lowest BCUT2D eigenvalue weighted by molar-refractivity contribution is 0.0774. The Kier molecular flexibility index (Phi) is 9.50. The molecule has 3 heterocycles. The summed E-state index contributed by atoms with van der Waals surface area (Å²) in [5, 5.41) is 0.563. The van der Waals surface area contributed by atoms with Gasteiger partial charge >= 0.3 is 0 Å². The van der Waals surface area contributed by atoms with E-state index < -0.39 is 0 Å². The van der Waals surface area contributed by atoms with Crippen LogP contribution < -0.4 is 19.8 Å². The number of benzene rings is 4. The first-order valence-electron chi connectivity index (χ1n) is 16.8. The molecule has 1 aromatic heterocycles. The average Bonchev–Trinajstić information content (AvgIpc) is 3.57. The number of hydrogen-bond acceptors (Lipinski definition) is 7. The lowest BCUT2D eigenvalue weighted by atomic mass is 10.1. The summed E-state index contributed by atoms with van der Waals surface area (Å²) < 4.78 is 19.3. The van der Waals surface area contributed by atoms with Crippen LogP contribution in [-0.4, -0.2) is 59.5 Å². The Morgan fingerprint density at radius 2 is 1.61 bits per heavy atom. The molecule has 1 saturated heterocycles. The predicted octanol–water partition coefficient (Wildman–Crippen LogP) is 7.51. The molecule has 9 heteroatoms. The van der Waals surface area contributed by atoms with E-state index in [0.29, 0.717) is 58.4 Å². The van der Waals surface area contributed by atoms with Crippen LogP contribution in [0.15, 0.2) is 101 Å². The molecule has 0 radical (unpaired) electrons. The molecule has 248 valence electrons. The molecule has 1 fully saturated rings. The van der Waals surface area contributed by atoms with Crippen LogP contribution in [0.3, 0.4) is 0 Å². The molecule has 7 rings (SSSR count). The van der Waals surface area contributed by atoms with Gasteiger partial charge in [0.1, 0.15) is 11.6 Å². The van der Waals surface area contributed by atoms with Gasteiger partial charge in [-0.15, -0.1) is 0 Å². The van der Waals surface area contributed by atoms with Gasteiger partial charge in [0.15, 0.2) is 11.5 Å². The number of carbonyl (C=O) groups is 1. The predicted molar refractivity (Wildman–Crippen MR) is 193 cm³/mol. The van der Waals surface area contributed by atoms with Crippen molar-refractivity contribution in [1.29, 1.82) is 0 Å². The van der Waals surface area contributed by atoms with Crippen molar-refractivity contribution in [3.8, 4) is 22.9 Å². The minimum Gasteiger partial charge on any atom is -0.494 e. The standard InChI is InChI=1S/C40H38N4O5/c1-47-36-25-33-35(41-27-30-13-10-22-43(30)39(33)45)26-37(36)49-24-9-3-8-23-48-31-19-17-29(18-20-31)44-38(21-16-28-11-4-2-5-12-28)42-34-15-7-6-14-32(34)40(44)46/h2,4-7,11-12,14-21,25-27,30H,3,8-10,13,22-24H2,1H3/t30-/m0/s1. The number of amides is 1. The van der Waals surface area contributed by atoms with Crippen molar-refractivity contribution in [3.63, 3.8) is 0 Å². The molecule has 1 amide bonds. The van der Waals surface area contributed by atoms with Gasteiger partial charge in [-0.25, -0.2) is 4.98 Å². The molecule has 0 aliphatic carbocycles. The lowest BCUT2D eigenvalue weighted by Crippen LogP contribution is -2.35. The van der Waals surface area contributed by atoms with Crippen LogP contribution in [0, 0.1) is 0 Å². The summed E-state index contributed by atoms with van der Waals surface area (Å²) in [5.74, 6) is 2.40. The summed E-state index contributed by atoms with van der Waals surface area (Å²) >= 11 is 0. The van der Waals surface area contributed by atoms with Crippen LogP contribution in [0.4, 0.5) is 5.69 Å². The van der Waals surface area contributed by atoms with Crippen molar-refractivity contribution in [2.24, 2.45) is 4.99 Å². The number of rotatable bonds is 12. The molecule has 9 nitrogen and oxygen atoms in total. The average molecular weight is 655 g/mol. The van der Waals surface area contributed by atoms with Crippen LogP contribution >= 0.6 is 0 Å². The Morgan fingerprint density at radius 3 is 2.43 bits per heavy atom. The van der Waals surface area contributed by atoms with E-state index in [4.69, 9.17) is 19.2 Å². The number of methoxy groups -OCH3 is 1. The van der Waals surface area contributed by atoms with Gasteiger partial charge in [0.05, 0.1) is 54.2 Å². The monoisotopic (exact) mass is 654 g/mol. The van der Waals surface area contributed by atoms with Crippen molar-refractivity contribution < 1.29 is 19.0 Å². The van der Waals surface area contributed by atoms with Crippen LogP contribution in [0.25, 0.3) is 28.7 Å². The van der Waals surface area contributed by atoms with Crippen molar-refractivity contribution in [3.05, 3.63) is 118 Å². The number of para-hydroxylation sites is 1. The number of carbonyl (C=O) groups excluding carboxylic acids is 1. The minimum absolute atomic E-state index is 0.00478. The molecule has 5 aromatic rings. The van der Waals surface area contributed by atoms with Crippen LogP contribution in [0.2, 0.25) is 0 Å². The van der Waals surface area contributed by atoms with Crippen LogP contribution in [-0.2, 0) is 0 Å². The zero-order valence-corrected chi connectivity index (χ0v) is 27.5. The Bertz CT molecular complexity index is 2070. The minimum atomic E-state index is -0.126. The molecule has 1 atom stereocenters. The summed E-state index contributed by atoms with van der Waals surface area (Å²) in [6.07, 6.45) is 10.2. The van der Waals surface area contributed by atoms with E-state index in [2.05, 4.69) is 4.99 Å². The third-order valence-corrected chi connectivity index (χ3v) is 8.89. The normalized spacial score (nSPS) is 15.3. The number of unbranched alkanes of at least 4 members (excludes halogenated alkanes) is 2. The highest BCUT2D eigenvalue weighted by Gasteiger charge is 2.32. The zero-order valence-electron chi connectivity index (χ0n) is 27.5. The molecule has 0 spiro atoms. The van der Waals surface area contributed by atoms with Crippen molar-refractivity contribution >= 4 is 40.9 Å². The largest absolute Gasteiger partial charge is 0.494 e. The first kappa shape index (κ1) is 31.9. The molecule has 0 saturated carbocycles. The van der Waals surface area contributed by atoms with Gasteiger partial charge in [-0.2, -0.15) is 0 Å². The molecular formula is C40H38N4O5. The fourth-order valence-electron chi connectivity index (χ4n) is 6.31. The van der Waals surface area contributed by atoms with E-state index in [1.807, 2.05) is 102 Å². The van der Waals surface area contributed by atoms with Crippen molar-refractivity contribution in [2.45, 2.75) is 38.1 Å². The molecule has 0 bridgehead atoms. The summed E-state index contributed by atoms with van der Waals surface area (Å²) in [5.41, 5.74) is 3.44. The van der Waals surface area contributed by atoms with Gasteiger partial charge in [0.25, 0.3) is 11.5 Å². The Hall–Kier alpha value is -5.70. The van der Waals surface area contributed by atoms with Crippen molar-refractivity contribution in [2.75, 3.05) is 26.9 Å². The molecule has 0 N–H and O–H groups in total. The van der Waals surface area contributed by atoms with E-state index in [-0.39, 0.29) is 17.5 Å². The first-order valence-corrected chi connectivity index (χ1v) is 16.8. The Morgan fingerprint density at radius 1 is 0.837 bits per heavy atom. The van der Waals surface area contributed by atoms with Gasteiger partial charge in [-0.1, -0.05) is 48.5 Å². The second kappa shape index (κ2) is 14.6. The maximum absolute atomic E-state index is 13.6. The van der Waals surface area contributed by atoms with Gasteiger partial charge in [0.2, 0.25) is 0 Å². The summed E-state index contributed by atoms with van der Waals surface area (Å²) in [7, 11) is 1.58. The molecule has 2 aliphatic rings. The topological polar surface area (TPSA) is 95.2 Å². The summed E-state index contributed by atoms with van der Waals surface area (Å²) in [6.45, 7) is 1.81. The fraction of sp³-hybridized carbons (Fsp3) is 0.250. The number of ether oxygens (including phenoxy) is 3. The Labute approximate surface area is 285 Å². The van der Waals surface area contributed by atoms with E-state index in [9.17, 15) is 9.59 Å². The highest BCUT2D eigenvalue weighted by atomic mass is 16.5. The zero-order chi connectivity index (χ0) is 33.6. The number of fused-ring (bicyclic) bond motifs is 3. The van der Waals surface area contributed by atoms with Crippen LogP contribution in [0.1, 0.15) is 53.8 Å². The maximum Gasteiger partial charge on any atom is 0.266 e. The number of nitrogens with zero attached hydrogens (tertiary/aromatic N) is 4. The summed E-state index contributed by atoms with van der Waals surface area (Å²) in [4.78, 5) is 38.0. The van der Waals surface area contributed by atoms with Crippen LogP contribution in [0.5, 0.6) is 17.2 Å². The lowest BCUT2D eigenvalue weighted by Gasteiger charge is -2.20. The van der Waals surface area contributed by atoms with E-state index in [1.54, 1.807) is 23.8 Å². The number of aliphatic imine (C=N–C) groups is 1. The third kappa shape index (κ3) is 6.97. The molecule has 4 aromatic carbocycles. The van der Waals surface area contributed by atoms with Gasteiger partial charge in [-0.05, 0) is 86.2 Å². The first-order chi connectivity index (χ1) is 24.1. The Balaban J connectivity index is 0.941. The molecular weight excluding hydrogens is 616 g/mol. The van der Waals surface area contributed by atoms with E-state index >= 15 is 0 Å². The maximum atomic E-state index is 13.6. The van der Waals surface area contributed by atoms with Gasteiger partial charge < -0.3 is 19.1 Å².